The summed E-state index contributed by atoms with van der Waals surface area (Å²) in [6.07, 6.45) is 3.48. The Kier molecular flexibility index (Phi) is 3.48. The van der Waals surface area contributed by atoms with Gasteiger partial charge in [0.25, 0.3) is 0 Å². The molecule has 0 saturated carbocycles. The molecule has 0 aliphatic heterocycles. The van der Waals surface area contributed by atoms with Crippen molar-refractivity contribution in [2.75, 3.05) is 0 Å². The molecule has 0 amide bonds. The minimum atomic E-state index is 0.642. The second kappa shape index (κ2) is 5.89. The fraction of sp³-hybridized carbons (Fsp3) is 0.100. The predicted molar refractivity (Wildman–Crippen MR) is 105 cm³/mol. The van der Waals surface area contributed by atoms with E-state index in [-0.39, 0.29) is 0 Å². The summed E-state index contributed by atoms with van der Waals surface area (Å²) in [6, 6.07) is 13.3. The van der Waals surface area contributed by atoms with Crippen molar-refractivity contribution in [2.24, 2.45) is 0 Å². The molecule has 0 spiro atoms. The maximum absolute atomic E-state index is 5.99. The average Bonchev–Trinajstić information content (AvgIpc) is 3.22. The monoisotopic (exact) mass is 374 g/mol. The summed E-state index contributed by atoms with van der Waals surface area (Å²) in [5.74, 6) is 1.48. The Labute approximate surface area is 160 Å². The molecule has 0 bridgehead atoms. The number of aryl methyl sites for hydroxylation is 1. The smallest absolute Gasteiger partial charge is 0.182 e. The van der Waals surface area contributed by atoms with Crippen LogP contribution < -0.4 is 0 Å². The molecule has 0 atom stereocenters. The number of aromatic nitrogens is 6. The Hall–Kier alpha value is -3.25. The van der Waals surface area contributed by atoms with E-state index in [4.69, 9.17) is 16.6 Å². The van der Waals surface area contributed by atoms with Crippen LogP contribution in [0.5, 0.6) is 0 Å². The zero-order valence-corrected chi connectivity index (χ0v) is 15.5. The van der Waals surface area contributed by atoms with Gasteiger partial charge >= 0.3 is 0 Å². The van der Waals surface area contributed by atoms with Gasteiger partial charge in [-0.15, -0.1) is 5.10 Å². The second-order valence-corrected chi connectivity index (χ2v) is 6.82. The molecule has 1 aromatic carbocycles. The Morgan fingerprint density at radius 3 is 2.48 bits per heavy atom. The van der Waals surface area contributed by atoms with E-state index in [2.05, 4.69) is 33.5 Å². The van der Waals surface area contributed by atoms with E-state index in [0.717, 1.165) is 39.3 Å². The van der Waals surface area contributed by atoms with Crippen LogP contribution in [0.3, 0.4) is 0 Å². The minimum absolute atomic E-state index is 0.642. The molecule has 27 heavy (non-hydrogen) atoms. The number of rotatable bonds is 2. The number of hydrogen-bond acceptors (Lipinski definition) is 4. The lowest BCUT2D eigenvalue weighted by molar-refractivity contribution is 0.919. The van der Waals surface area contributed by atoms with Crippen molar-refractivity contribution < 1.29 is 0 Å². The molecule has 0 aliphatic carbocycles. The van der Waals surface area contributed by atoms with Crippen LogP contribution in [0.1, 0.15) is 11.3 Å². The number of hydrogen-bond donors (Lipinski definition) is 0. The molecule has 0 aliphatic rings. The minimum Gasteiger partial charge on any atom is -0.282 e. The van der Waals surface area contributed by atoms with Gasteiger partial charge in [0.15, 0.2) is 17.1 Å². The first-order valence-electron chi connectivity index (χ1n) is 8.54. The lowest BCUT2D eigenvalue weighted by atomic mass is 10.2. The third-order valence-corrected chi connectivity index (χ3v) is 5.07. The first kappa shape index (κ1) is 16.0. The lowest BCUT2D eigenvalue weighted by Crippen LogP contribution is -2.01. The van der Waals surface area contributed by atoms with Crippen molar-refractivity contribution in [2.45, 2.75) is 13.8 Å². The number of pyridine rings is 1. The van der Waals surface area contributed by atoms with Crippen LogP contribution in [0.2, 0.25) is 5.02 Å². The molecule has 132 valence electrons. The average molecular weight is 375 g/mol. The second-order valence-electron chi connectivity index (χ2n) is 6.39. The summed E-state index contributed by atoms with van der Waals surface area (Å²) in [7, 11) is 0. The van der Waals surface area contributed by atoms with Crippen LogP contribution in [-0.2, 0) is 0 Å². The van der Waals surface area contributed by atoms with E-state index < -0.39 is 0 Å². The van der Waals surface area contributed by atoms with Gasteiger partial charge in [-0.25, -0.2) is 19.5 Å². The van der Waals surface area contributed by atoms with Crippen LogP contribution in [0.25, 0.3) is 33.9 Å². The Morgan fingerprint density at radius 2 is 1.74 bits per heavy atom. The summed E-state index contributed by atoms with van der Waals surface area (Å²) in [5, 5.41) is 6.26. The highest BCUT2D eigenvalue weighted by atomic mass is 35.5. The SMILES string of the molecule is Cc1c(C)n(-c2ccccn2)c2ncn3nc(-c4ccc(Cl)cc4)nc3c12. The van der Waals surface area contributed by atoms with Crippen molar-refractivity contribution in [3.05, 3.63) is 71.3 Å². The fourth-order valence-corrected chi connectivity index (χ4v) is 3.47. The van der Waals surface area contributed by atoms with Crippen LogP contribution in [-0.4, -0.2) is 29.1 Å². The summed E-state index contributed by atoms with van der Waals surface area (Å²) in [5.41, 5.74) is 4.71. The van der Waals surface area contributed by atoms with Gasteiger partial charge in [-0.3, -0.25) is 4.57 Å². The van der Waals surface area contributed by atoms with Crippen LogP contribution in [0.4, 0.5) is 0 Å². The molecule has 4 aromatic heterocycles. The Bertz CT molecular complexity index is 1290. The maximum Gasteiger partial charge on any atom is 0.182 e. The molecular weight excluding hydrogens is 360 g/mol. The van der Waals surface area contributed by atoms with Crippen molar-refractivity contribution in [1.82, 2.24) is 29.1 Å². The zero-order chi connectivity index (χ0) is 18.5. The maximum atomic E-state index is 5.99. The standard InChI is InChI=1S/C20H15ClN6/c1-12-13(2)27(16-5-3-4-10-22-16)19-17(12)20-24-18(25-26(20)11-23-19)14-6-8-15(21)9-7-14/h3-11H,1-2H3. The first-order chi connectivity index (χ1) is 13.1. The zero-order valence-electron chi connectivity index (χ0n) is 14.8. The number of halogens is 1. The van der Waals surface area contributed by atoms with Gasteiger partial charge in [0.05, 0.1) is 5.39 Å². The Balaban J connectivity index is 1.79. The van der Waals surface area contributed by atoms with Gasteiger partial charge in [-0.2, -0.15) is 0 Å². The van der Waals surface area contributed by atoms with E-state index in [1.807, 2.05) is 42.5 Å². The van der Waals surface area contributed by atoms with E-state index in [1.165, 1.54) is 0 Å². The van der Waals surface area contributed by atoms with Crippen LogP contribution in [0, 0.1) is 13.8 Å². The summed E-state index contributed by atoms with van der Waals surface area (Å²) in [6.45, 7) is 4.15. The molecule has 0 radical (unpaired) electrons. The lowest BCUT2D eigenvalue weighted by Gasteiger charge is -2.05. The summed E-state index contributed by atoms with van der Waals surface area (Å²) in [4.78, 5) is 13.9. The van der Waals surface area contributed by atoms with Crippen molar-refractivity contribution >= 4 is 28.3 Å². The molecule has 0 saturated heterocycles. The molecule has 6 nitrogen and oxygen atoms in total. The molecule has 7 heteroatoms. The summed E-state index contributed by atoms with van der Waals surface area (Å²) >= 11 is 5.99. The normalized spacial score (nSPS) is 11.5. The highest BCUT2D eigenvalue weighted by molar-refractivity contribution is 6.30. The quantitative estimate of drug-likeness (QED) is 0.459. The third kappa shape index (κ3) is 2.41. The molecule has 5 rings (SSSR count). The topological polar surface area (TPSA) is 60.9 Å². The molecule has 0 fully saturated rings. The van der Waals surface area contributed by atoms with Crippen molar-refractivity contribution in [3.63, 3.8) is 0 Å². The third-order valence-electron chi connectivity index (χ3n) is 4.81. The summed E-state index contributed by atoms with van der Waals surface area (Å²) < 4.78 is 3.78. The molecule has 5 aromatic rings. The van der Waals surface area contributed by atoms with Gasteiger partial charge in [-0.1, -0.05) is 17.7 Å². The number of fused-ring (bicyclic) bond motifs is 3. The van der Waals surface area contributed by atoms with E-state index >= 15 is 0 Å². The van der Waals surface area contributed by atoms with Gasteiger partial charge in [-0.05, 0) is 55.8 Å². The predicted octanol–water partition coefficient (Wildman–Crippen LogP) is 4.40. The largest absolute Gasteiger partial charge is 0.282 e. The molecular formula is C20H15ClN6. The molecule has 4 heterocycles. The van der Waals surface area contributed by atoms with E-state index in [0.29, 0.717) is 10.8 Å². The van der Waals surface area contributed by atoms with Crippen LogP contribution in [0.15, 0.2) is 55.0 Å². The first-order valence-corrected chi connectivity index (χ1v) is 8.91. The number of nitrogens with zero attached hydrogens (tertiary/aromatic N) is 6. The van der Waals surface area contributed by atoms with E-state index in [9.17, 15) is 0 Å². The highest BCUT2D eigenvalue weighted by Crippen LogP contribution is 2.30. The van der Waals surface area contributed by atoms with Crippen LogP contribution >= 0.6 is 11.6 Å². The van der Waals surface area contributed by atoms with Gasteiger partial charge in [0.1, 0.15) is 12.1 Å². The van der Waals surface area contributed by atoms with E-state index in [1.54, 1.807) is 17.0 Å². The fourth-order valence-electron chi connectivity index (χ4n) is 3.35. The molecule has 0 N–H and O–H groups in total. The number of benzene rings is 1. The van der Waals surface area contributed by atoms with Gasteiger partial charge in [0, 0.05) is 22.5 Å². The molecule has 0 unspecified atom stereocenters. The van der Waals surface area contributed by atoms with Crippen molar-refractivity contribution in [3.8, 4) is 17.2 Å². The van der Waals surface area contributed by atoms with Crippen molar-refractivity contribution in [1.29, 1.82) is 0 Å². The van der Waals surface area contributed by atoms with Gasteiger partial charge in [0.2, 0.25) is 0 Å². The van der Waals surface area contributed by atoms with Gasteiger partial charge < -0.3 is 0 Å². The Morgan fingerprint density at radius 1 is 0.926 bits per heavy atom. The highest BCUT2D eigenvalue weighted by Gasteiger charge is 2.19.